The predicted molar refractivity (Wildman–Crippen MR) is 70.9 cm³/mol. The Morgan fingerprint density at radius 2 is 2.22 bits per heavy atom. The van der Waals surface area contributed by atoms with E-state index in [4.69, 9.17) is 4.74 Å². The Morgan fingerprint density at radius 3 is 2.89 bits per heavy atom. The third-order valence-corrected chi connectivity index (χ3v) is 2.24. The molecule has 0 bridgehead atoms. The summed E-state index contributed by atoms with van der Waals surface area (Å²) in [5.74, 6) is 0.334. The van der Waals surface area contributed by atoms with E-state index in [1.807, 2.05) is 20.9 Å². The second-order valence-corrected chi connectivity index (χ2v) is 4.23. The van der Waals surface area contributed by atoms with E-state index < -0.39 is 0 Å². The topological polar surface area (TPSA) is 63.2 Å². The van der Waals surface area contributed by atoms with E-state index >= 15 is 0 Å². The quantitative estimate of drug-likeness (QED) is 0.715. The van der Waals surface area contributed by atoms with Crippen molar-refractivity contribution in [1.29, 1.82) is 0 Å². The number of pyridine rings is 1. The van der Waals surface area contributed by atoms with E-state index in [9.17, 15) is 4.79 Å². The van der Waals surface area contributed by atoms with Crippen LogP contribution in [0.15, 0.2) is 18.3 Å². The molecule has 0 spiro atoms. The number of nitrogens with zero attached hydrogens (tertiary/aromatic N) is 1. The standard InChI is InChI=1S/C13H21N3O2/c1-10(2)18-11-6-4-8-15-12(11)13(17)16-9-5-7-14-3/h4,6,8,10,14H,5,7,9H2,1-3H3,(H,16,17). The van der Waals surface area contributed by atoms with Crippen LogP contribution in [0.3, 0.4) is 0 Å². The average Bonchev–Trinajstić information content (AvgIpc) is 2.34. The molecule has 5 nitrogen and oxygen atoms in total. The van der Waals surface area contributed by atoms with Gasteiger partial charge in [0.1, 0.15) is 0 Å². The Kier molecular flexibility index (Phi) is 6.14. The van der Waals surface area contributed by atoms with Gasteiger partial charge in [-0.25, -0.2) is 4.98 Å². The minimum atomic E-state index is -0.192. The van der Waals surface area contributed by atoms with Crippen molar-refractivity contribution in [2.75, 3.05) is 20.1 Å². The molecule has 0 aliphatic rings. The van der Waals surface area contributed by atoms with Crippen molar-refractivity contribution in [3.05, 3.63) is 24.0 Å². The van der Waals surface area contributed by atoms with Gasteiger partial charge >= 0.3 is 0 Å². The van der Waals surface area contributed by atoms with Crippen molar-refractivity contribution in [2.45, 2.75) is 26.4 Å². The molecule has 1 aromatic rings. The van der Waals surface area contributed by atoms with E-state index in [1.54, 1.807) is 18.3 Å². The maximum Gasteiger partial charge on any atom is 0.273 e. The Labute approximate surface area is 108 Å². The van der Waals surface area contributed by atoms with Gasteiger partial charge in [0, 0.05) is 12.7 Å². The number of hydrogen-bond acceptors (Lipinski definition) is 4. The fraction of sp³-hybridized carbons (Fsp3) is 0.538. The molecule has 100 valence electrons. The summed E-state index contributed by atoms with van der Waals surface area (Å²) in [6.07, 6.45) is 2.50. The fourth-order valence-corrected chi connectivity index (χ4v) is 1.46. The van der Waals surface area contributed by atoms with Crippen molar-refractivity contribution in [1.82, 2.24) is 15.6 Å². The lowest BCUT2D eigenvalue weighted by atomic mass is 10.3. The third kappa shape index (κ3) is 4.71. The first-order chi connectivity index (χ1) is 8.65. The summed E-state index contributed by atoms with van der Waals surface area (Å²) in [5.41, 5.74) is 0.343. The summed E-state index contributed by atoms with van der Waals surface area (Å²) < 4.78 is 5.56. The van der Waals surface area contributed by atoms with Crippen molar-refractivity contribution in [3.8, 4) is 5.75 Å². The zero-order valence-corrected chi connectivity index (χ0v) is 11.2. The average molecular weight is 251 g/mol. The zero-order chi connectivity index (χ0) is 13.4. The van der Waals surface area contributed by atoms with Crippen molar-refractivity contribution in [3.63, 3.8) is 0 Å². The first kappa shape index (κ1) is 14.4. The number of hydrogen-bond donors (Lipinski definition) is 2. The molecule has 0 aliphatic carbocycles. The molecule has 5 heteroatoms. The van der Waals surface area contributed by atoms with Gasteiger partial charge in [-0.2, -0.15) is 0 Å². The van der Waals surface area contributed by atoms with Crippen LogP contribution in [0.5, 0.6) is 5.75 Å². The maximum atomic E-state index is 11.9. The SMILES string of the molecule is CNCCCNC(=O)c1ncccc1OC(C)C. The van der Waals surface area contributed by atoms with Crippen molar-refractivity contribution >= 4 is 5.91 Å². The van der Waals surface area contributed by atoms with Gasteiger partial charge in [-0.05, 0) is 46.0 Å². The number of amides is 1. The van der Waals surface area contributed by atoms with Crippen LogP contribution in [-0.2, 0) is 0 Å². The highest BCUT2D eigenvalue weighted by Crippen LogP contribution is 2.16. The Bertz CT molecular complexity index is 380. The Balaban J connectivity index is 2.61. The summed E-state index contributed by atoms with van der Waals surface area (Å²) in [6.45, 7) is 5.33. The summed E-state index contributed by atoms with van der Waals surface area (Å²) in [6, 6.07) is 3.52. The van der Waals surface area contributed by atoms with Crippen LogP contribution >= 0.6 is 0 Å². The summed E-state index contributed by atoms with van der Waals surface area (Å²) in [5, 5.41) is 5.85. The molecule has 0 fully saturated rings. The van der Waals surface area contributed by atoms with E-state index in [2.05, 4.69) is 15.6 Å². The maximum absolute atomic E-state index is 11.9. The van der Waals surface area contributed by atoms with Crippen LogP contribution in [0.2, 0.25) is 0 Å². The van der Waals surface area contributed by atoms with Crippen LogP contribution in [0.1, 0.15) is 30.8 Å². The number of carbonyl (C=O) groups is 1. The van der Waals surface area contributed by atoms with E-state index in [0.717, 1.165) is 13.0 Å². The lowest BCUT2D eigenvalue weighted by Crippen LogP contribution is -2.28. The highest BCUT2D eigenvalue weighted by atomic mass is 16.5. The lowest BCUT2D eigenvalue weighted by Gasteiger charge is -2.13. The van der Waals surface area contributed by atoms with Gasteiger partial charge in [-0.1, -0.05) is 0 Å². The first-order valence-electron chi connectivity index (χ1n) is 6.19. The third-order valence-electron chi connectivity index (χ3n) is 2.24. The summed E-state index contributed by atoms with van der Waals surface area (Å²) >= 11 is 0. The number of carbonyl (C=O) groups excluding carboxylic acids is 1. The molecule has 2 N–H and O–H groups in total. The second-order valence-electron chi connectivity index (χ2n) is 4.23. The normalized spacial score (nSPS) is 10.4. The molecule has 0 atom stereocenters. The molecule has 1 rings (SSSR count). The fourth-order valence-electron chi connectivity index (χ4n) is 1.46. The van der Waals surface area contributed by atoms with Gasteiger partial charge in [0.2, 0.25) is 0 Å². The van der Waals surface area contributed by atoms with Gasteiger partial charge in [0.15, 0.2) is 11.4 Å². The lowest BCUT2D eigenvalue weighted by molar-refractivity contribution is 0.0942. The van der Waals surface area contributed by atoms with Crippen molar-refractivity contribution in [2.24, 2.45) is 0 Å². The van der Waals surface area contributed by atoms with Crippen LogP contribution < -0.4 is 15.4 Å². The molecular weight excluding hydrogens is 230 g/mol. The van der Waals surface area contributed by atoms with Gasteiger partial charge in [0.05, 0.1) is 6.10 Å². The minimum absolute atomic E-state index is 0.0186. The van der Waals surface area contributed by atoms with E-state index in [1.165, 1.54) is 0 Å². The number of rotatable bonds is 7. The zero-order valence-electron chi connectivity index (χ0n) is 11.2. The molecule has 0 unspecified atom stereocenters. The van der Waals surface area contributed by atoms with Crippen LogP contribution in [-0.4, -0.2) is 37.1 Å². The summed E-state index contributed by atoms with van der Waals surface area (Å²) in [4.78, 5) is 16.0. The van der Waals surface area contributed by atoms with Gasteiger partial charge in [-0.3, -0.25) is 4.79 Å². The smallest absolute Gasteiger partial charge is 0.273 e. The van der Waals surface area contributed by atoms with Gasteiger partial charge in [-0.15, -0.1) is 0 Å². The van der Waals surface area contributed by atoms with E-state index in [-0.39, 0.29) is 12.0 Å². The highest BCUT2D eigenvalue weighted by Gasteiger charge is 2.14. The van der Waals surface area contributed by atoms with Crippen LogP contribution in [0, 0.1) is 0 Å². The number of nitrogens with one attached hydrogen (secondary N) is 2. The van der Waals surface area contributed by atoms with Crippen molar-refractivity contribution < 1.29 is 9.53 Å². The minimum Gasteiger partial charge on any atom is -0.489 e. The molecular formula is C13H21N3O2. The second kappa shape index (κ2) is 7.66. The Hall–Kier alpha value is -1.62. The summed E-state index contributed by atoms with van der Waals surface area (Å²) in [7, 11) is 1.88. The van der Waals surface area contributed by atoms with Gasteiger partial charge < -0.3 is 15.4 Å². The molecule has 0 radical (unpaired) electrons. The number of aromatic nitrogens is 1. The van der Waals surface area contributed by atoms with Gasteiger partial charge in [0.25, 0.3) is 5.91 Å². The van der Waals surface area contributed by atoms with Crippen LogP contribution in [0.25, 0.3) is 0 Å². The molecule has 0 saturated carbocycles. The largest absolute Gasteiger partial charge is 0.489 e. The molecule has 1 heterocycles. The molecule has 1 amide bonds. The molecule has 18 heavy (non-hydrogen) atoms. The van der Waals surface area contributed by atoms with Crippen LogP contribution in [0.4, 0.5) is 0 Å². The number of ether oxygens (including phenoxy) is 1. The molecule has 1 aromatic heterocycles. The first-order valence-corrected chi connectivity index (χ1v) is 6.19. The monoisotopic (exact) mass is 251 g/mol. The Morgan fingerprint density at radius 1 is 1.44 bits per heavy atom. The predicted octanol–water partition coefficient (Wildman–Crippen LogP) is 1.21. The molecule has 0 aromatic carbocycles. The highest BCUT2D eigenvalue weighted by molar-refractivity contribution is 5.94. The van der Waals surface area contributed by atoms with E-state index in [0.29, 0.717) is 18.0 Å². The molecule has 0 saturated heterocycles. The molecule has 0 aliphatic heterocycles.